The van der Waals surface area contributed by atoms with Gasteiger partial charge in [-0.2, -0.15) is 0 Å². The molecular weight excluding hydrogens is 345 g/mol. The minimum Gasteiger partial charge on any atom is -0.309 e. The number of hydrogen-bond donors (Lipinski definition) is 1. The lowest BCUT2D eigenvalue weighted by atomic mass is 9.97. The van der Waals surface area contributed by atoms with Gasteiger partial charge >= 0.3 is 0 Å². The van der Waals surface area contributed by atoms with E-state index in [4.69, 9.17) is 23.2 Å². The summed E-state index contributed by atoms with van der Waals surface area (Å²) in [6.07, 6.45) is 0. The maximum absolute atomic E-state index is 6.31. The Morgan fingerprint density at radius 1 is 1.11 bits per heavy atom. The summed E-state index contributed by atoms with van der Waals surface area (Å²) in [6.45, 7) is 2.07. The molecule has 100 valence electrons. The first-order chi connectivity index (χ1) is 9.04. The summed E-state index contributed by atoms with van der Waals surface area (Å²) in [5.74, 6) is 0. The van der Waals surface area contributed by atoms with Gasteiger partial charge in [0.15, 0.2) is 0 Å². The second kappa shape index (κ2) is 6.27. The monoisotopic (exact) mass is 357 g/mol. The fraction of sp³-hybridized carbons (Fsp3) is 0.200. The van der Waals surface area contributed by atoms with E-state index in [0.29, 0.717) is 10.0 Å². The molecule has 1 nitrogen and oxygen atoms in total. The van der Waals surface area contributed by atoms with E-state index in [1.807, 2.05) is 25.2 Å². The summed E-state index contributed by atoms with van der Waals surface area (Å²) >= 11 is 15.9. The average molecular weight is 359 g/mol. The first-order valence-electron chi connectivity index (χ1n) is 5.92. The lowest BCUT2D eigenvalue weighted by Gasteiger charge is -2.21. The van der Waals surface area contributed by atoms with Crippen LogP contribution in [0, 0.1) is 6.92 Å². The maximum Gasteiger partial charge on any atom is 0.0600 e. The molecule has 1 N–H and O–H groups in total. The fourth-order valence-corrected chi connectivity index (χ4v) is 3.12. The lowest BCUT2D eigenvalue weighted by Crippen LogP contribution is -2.18. The van der Waals surface area contributed by atoms with Crippen molar-refractivity contribution in [1.29, 1.82) is 0 Å². The fourth-order valence-electron chi connectivity index (χ4n) is 2.11. The Balaban J connectivity index is 2.53. The van der Waals surface area contributed by atoms with Gasteiger partial charge in [0.2, 0.25) is 0 Å². The number of hydrogen-bond acceptors (Lipinski definition) is 1. The third kappa shape index (κ3) is 3.14. The van der Waals surface area contributed by atoms with Crippen molar-refractivity contribution in [1.82, 2.24) is 5.32 Å². The molecule has 4 heteroatoms. The Morgan fingerprint density at radius 2 is 1.84 bits per heavy atom. The highest BCUT2D eigenvalue weighted by Gasteiger charge is 2.18. The molecule has 2 rings (SSSR count). The molecule has 0 heterocycles. The van der Waals surface area contributed by atoms with Crippen LogP contribution in [-0.2, 0) is 0 Å². The standard InChI is InChI=1S/C15H14BrCl2N/c1-9-4-3-5-12(14(9)16)15(19-2)11-7-6-10(17)8-13(11)18/h3-8,15,19H,1-2H3. The van der Waals surface area contributed by atoms with Crippen molar-refractivity contribution in [2.24, 2.45) is 0 Å². The SMILES string of the molecule is CNC(c1ccc(Cl)cc1Cl)c1cccc(C)c1Br. The number of nitrogens with one attached hydrogen (secondary N) is 1. The maximum atomic E-state index is 6.31. The minimum absolute atomic E-state index is 0.0269. The molecule has 0 amide bonds. The number of benzene rings is 2. The van der Waals surface area contributed by atoms with E-state index in [9.17, 15) is 0 Å². The zero-order chi connectivity index (χ0) is 14.0. The van der Waals surface area contributed by atoms with Crippen LogP contribution in [0.5, 0.6) is 0 Å². The van der Waals surface area contributed by atoms with Crippen LogP contribution in [0.1, 0.15) is 22.7 Å². The van der Waals surface area contributed by atoms with Gasteiger partial charge in [-0.25, -0.2) is 0 Å². The first-order valence-corrected chi connectivity index (χ1v) is 7.46. The van der Waals surface area contributed by atoms with Crippen LogP contribution < -0.4 is 5.32 Å². The van der Waals surface area contributed by atoms with Crippen LogP contribution in [0.2, 0.25) is 10.0 Å². The second-order valence-corrected chi connectivity index (χ2v) is 6.00. The van der Waals surface area contributed by atoms with E-state index < -0.39 is 0 Å². The smallest absolute Gasteiger partial charge is 0.0600 e. The van der Waals surface area contributed by atoms with Crippen LogP contribution in [0.25, 0.3) is 0 Å². The molecule has 0 fully saturated rings. The molecule has 0 radical (unpaired) electrons. The highest BCUT2D eigenvalue weighted by Crippen LogP contribution is 2.34. The van der Waals surface area contributed by atoms with E-state index in [-0.39, 0.29) is 6.04 Å². The van der Waals surface area contributed by atoms with Gasteiger partial charge in [-0.1, -0.05) is 63.4 Å². The summed E-state index contributed by atoms with van der Waals surface area (Å²) in [5, 5.41) is 4.62. The Hall–Kier alpha value is -0.540. The summed E-state index contributed by atoms with van der Waals surface area (Å²) in [4.78, 5) is 0. The molecule has 0 saturated heterocycles. The van der Waals surface area contributed by atoms with E-state index in [1.54, 1.807) is 6.07 Å². The predicted octanol–water partition coefficient (Wildman–Crippen LogP) is 5.37. The third-order valence-electron chi connectivity index (χ3n) is 3.09. The first kappa shape index (κ1) is 14.9. The van der Waals surface area contributed by atoms with Gasteiger partial charge in [-0.15, -0.1) is 0 Å². The summed E-state index contributed by atoms with van der Waals surface area (Å²) in [6, 6.07) is 11.8. The molecule has 0 aliphatic carbocycles. The second-order valence-electron chi connectivity index (χ2n) is 4.37. The molecule has 1 unspecified atom stereocenters. The van der Waals surface area contributed by atoms with Gasteiger partial charge in [0.25, 0.3) is 0 Å². The predicted molar refractivity (Wildman–Crippen MR) is 86.2 cm³/mol. The molecule has 0 bridgehead atoms. The number of rotatable bonds is 3. The molecule has 19 heavy (non-hydrogen) atoms. The third-order valence-corrected chi connectivity index (χ3v) is 4.74. The lowest BCUT2D eigenvalue weighted by molar-refractivity contribution is 0.688. The van der Waals surface area contributed by atoms with Gasteiger partial charge in [-0.05, 0) is 42.8 Å². The number of halogens is 3. The molecule has 0 aliphatic rings. The Bertz CT molecular complexity index is 599. The van der Waals surface area contributed by atoms with Crippen molar-refractivity contribution in [3.63, 3.8) is 0 Å². The van der Waals surface area contributed by atoms with Gasteiger partial charge in [-0.3, -0.25) is 0 Å². The van der Waals surface area contributed by atoms with Crippen molar-refractivity contribution in [3.8, 4) is 0 Å². The van der Waals surface area contributed by atoms with Crippen LogP contribution in [0.15, 0.2) is 40.9 Å². The molecule has 0 spiro atoms. The van der Waals surface area contributed by atoms with E-state index in [2.05, 4.69) is 40.3 Å². The minimum atomic E-state index is 0.0269. The molecule has 2 aromatic carbocycles. The molecule has 0 aromatic heterocycles. The summed E-state index contributed by atoms with van der Waals surface area (Å²) < 4.78 is 1.10. The van der Waals surface area contributed by atoms with Crippen molar-refractivity contribution in [2.45, 2.75) is 13.0 Å². The zero-order valence-corrected chi connectivity index (χ0v) is 13.8. The van der Waals surface area contributed by atoms with Crippen molar-refractivity contribution >= 4 is 39.1 Å². The molecule has 0 aliphatic heterocycles. The molecule has 2 aromatic rings. The van der Waals surface area contributed by atoms with E-state index in [1.165, 1.54) is 5.56 Å². The van der Waals surface area contributed by atoms with Crippen molar-refractivity contribution in [3.05, 3.63) is 67.6 Å². The van der Waals surface area contributed by atoms with Gasteiger partial charge < -0.3 is 5.32 Å². The Kier molecular flexibility index (Phi) is 4.91. The van der Waals surface area contributed by atoms with Crippen LogP contribution in [0.3, 0.4) is 0 Å². The Morgan fingerprint density at radius 3 is 2.47 bits per heavy atom. The van der Waals surface area contributed by atoms with Crippen LogP contribution in [-0.4, -0.2) is 7.05 Å². The molecule has 1 atom stereocenters. The zero-order valence-electron chi connectivity index (χ0n) is 10.7. The largest absolute Gasteiger partial charge is 0.309 e. The summed E-state index contributed by atoms with van der Waals surface area (Å²) in [5.41, 5.74) is 3.37. The number of aryl methyl sites for hydroxylation is 1. The van der Waals surface area contributed by atoms with E-state index in [0.717, 1.165) is 15.6 Å². The molecular formula is C15H14BrCl2N. The van der Waals surface area contributed by atoms with E-state index >= 15 is 0 Å². The van der Waals surface area contributed by atoms with Crippen molar-refractivity contribution < 1.29 is 0 Å². The average Bonchev–Trinajstić information content (AvgIpc) is 2.37. The molecule has 0 saturated carbocycles. The van der Waals surface area contributed by atoms with Crippen LogP contribution >= 0.6 is 39.1 Å². The Labute approximate surface area is 132 Å². The topological polar surface area (TPSA) is 12.0 Å². The van der Waals surface area contributed by atoms with Gasteiger partial charge in [0, 0.05) is 14.5 Å². The summed E-state index contributed by atoms with van der Waals surface area (Å²) in [7, 11) is 1.92. The quantitative estimate of drug-likeness (QED) is 0.777. The van der Waals surface area contributed by atoms with Gasteiger partial charge in [0.05, 0.1) is 6.04 Å². The van der Waals surface area contributed by atoms with Gasteiger partial charge in [0.1, 0.15) is 0 Å². The van der Waals surface area contributed by atoms with Crippen LogP contribution in [0.4, 0.5) is 0 Å². The normalized spacial score (nSPS) is 12.5. The highest BCUT2D eigenvalue weighted by molar-refractivity contribution is 9.10. The van der Waals surface area contributed by atoms with Crippen molar-refractivity contribution in [2.75, 3.05) is 7.05 Å². The highest BCUT2D eigenvalue weighted by atomic mass is 79.9.